The standard InChI is InChI=1S/C22H22FNO3/c1-3-16-11-20(25)27-22-14(2)21-17(10-19(16)22)12-24(13-26-21)8-7-15-5-4-6-18(23)9-15/h4-6,9-11H,3,7-8,12-13H2,1-2H3. The van der Waals surface area contributed by atoms with Crippen molar-refractivity contribution in [1.82, 2.24) is 4.90 Å². The van der Waals surface area contributed by atoms with Gasteiger partial charge in [0.15, 0.2) is 0 Å². The first-order chi connectivity index (χ1) is 13.0. The van der Waals surface area contributed by atoms with Crippen LogP contribution in [0.25, 0.3) is 11.0 Å². The van der Waals surface area contributed by atoms with Crippen molar-refractivity contribution in [3.8, 4) is 5.75 Å². The van der Waals surface area contributed by atoms with Crippen molar-refractivity contribution in [3.05, 3.63) is 74.9 Å². The SMILES string of the molecule is CCc1cc(=O)oc2c(C)c3c(cc12)CN(CCc1cccc(F)c1)CO3. The number of aryl methyl sites for hydroxylation is 2. The molecule has 2 heterocycles. The Kier molecular flexibility index (Phi) is 4.70. The molecule has 4 rings (SSSR count). The summed E-state index contributed by atoms with van der Waals surface area (Å²) in [7, 11) is 0. The lowest BCUT2D eigenvalue weighted by molar-refractivity contribution is 0.0959. The van der Waals surface area contributed by atoms with E-state index in [4.69, 9.17) is 9.15 Å². The van der Waals surface area contributed by atoms with Gasteiger partial charge in [-0.3, -0.25) is 4.90 Å². The Morgan fingerprint density at radius 3 is 2.85 bits per heavy atom. The molecule has 0 atom stereocenters. The van der Waals surface area contributed by atoms with Crippen LogP contribution in [0.4, 0.5) is 4.39 Å². The van der Waals surface area contributed by atoms with Crippen molar-refractivity contribution < 1.29 is 13.5 Å². The smallest absolute Gasteiger partial charge is 0.336 e. The molecule has 0 saturated carbocycles. The highest BCUT2D eigenvalue weighted by molar-refractivity contribution is 5.86. The molecule has 0 amide bonds. The van der Waals surface area contributed by atoms with E-state index in [2.05, 4.69) is 11.0 Å². The fourth-order valence-electron chi connectivity index (χ4n) is 3.75. The van der Waals surface area contributed by atoms with E-state index in [9.17, 15) is 9.18 Å². The van der Waals surface area contributed by atoms with E-state index in [1.807, 2.05) is 19.9 Å². The van der Waals surface area contributed by atoms with Gasteiger partial charge in [0.1, 0.15) is 23.9 Å². The summed E-state index contributed by atoms with van der Waals surface area (Å²) >= 11 is 0. The van der Waals surface area contributed by atoms with Crippen molar-refractivity contribution >= 4 is 11.0 Å². The van der Waals surface area contributed by atoms with E-state index < -0.39 is 0 Å². The number of fused-ring (bicyclic) bond motifs is 2. The average Bonchev–Trinajstić information content (AvgIpc) is 2.66. The molecule has 0 bridgehead atoms. The molecule has 0 unspecified atom stereocenters. The second-order valence-electron chi connectivity index (χ2n) is 7.02. The van der Waals surface area contributed by atoms with Crippen molar-refractivity contribution in [2.75, 3.05) is 13.3 Å². The van der Waals surface area contributed by atoms with Gasteiger partial charge in [0.25, 0.3) is 0 Å². The van der Waals surface area contributed by atoms with Crippen LogP contribution < -0.4 is 10.4 Å². The maximum absolute atomic E-state index is 13.4. The van der Waals surface area contributed by atoms with E-state index in [1.165, 1.54) is 6.07 Å². The number of halogens is 1. The number of rotatable bonds is 4. The summed E-state index contributed by atoms with van der Waals surface area (Å²) in [4.78, 5) is 14.0. The number of hydrogen-bond acceptors (Lipinski definition) is 4. The van der Waals surface area contributed by atoms with Gasteiger partial charge >= 0.3 is 5.63 Å². The number of hydrogen-bond donors (Lipinski definition) is 0. The minimum absolute atomic E-state index is 0.205. The van der Waals surface area contributed by atoms with Gasteiger partial charge in [0.2, 0.25) is 0 Å². The molecular weight excluding hydrogens is 345 g/mol. The van der Waals surface area contributed by atoms with Gasteiger partial charge in [0, 0.05) is 35.7 Å². The van der Waals surface area contributed by atoms with E-state index in [-0.39, 0.29) is 11.4 Å². The first kappa shape index (κ1) is 17.7. The minimum atomic E-state index is -0.324. The monoisotopic (exact) mass is 367 g/mol. The lowest BCUT2D eigenvalue weighted by Crippen LogP contribution is -2.34. The van der Waals surface area contributed by atoms with E-state index in [1.54, 1.807) is 18.2 Å². The van der Waals surface area contributed by atoms with Gasteiger partial charge in [0.05, 0.1) is 0 Å². The Labute approximate surface area is 157 Å². The lowest BCUT2D eigenvalue weighted by Gasteiger charge is -2.30. The largest absolute Gasteiger partial charge is 0.477 e. The van der Waals surface area contributed by atoms with Gasteiger partial charge in [-0.1, -0.05) is 19.1 Å². The molecule has 4 nitrogen and oxygen atoms in total. The van der Waals surface area contributed by atoms with Gasteiger partial charge in [-0.05, 0) is 49.1 Å². The second-order valence-corrected chi connectivity index (χ2v) is 7.02. The normalized spacial score (nSPS) is 14.2. The first-order valence-corrected chi connectivity index (χ1v) is 9.24. The molecule has 2 aromatic carbocycles. The minimum Gasteiger partial charge on any atom is -0.477 e. The number of nitrogens with zero attached hydrogens (tertiary/aromatic N) is 1. The Bertz CT molecular complexity index is 1060. The molecule has 0 N–H and O–H groups in total. The van der Waals surface area contributed by atoms with Gasteiger partial charge < -0.3 is 9.15 Å². The van der Waals surface area contributed by atoms with Crippen LogP contribution in [0.15, 0.2) is 45.6 Å². The van der Waals surface area contributed by atoms with Crippen LogP contribution in [0.1, 0.15) is 29.2 Å². The highest BCUT2D eigenvalue weighted by Gasteiger charge is 2.22. The van der Waals surface area contributed by atoms with Crippen molar-refractivity contribution in [2.24, 2.45) is 0 Å². The third-order valence-electron chi connectivity index (χ3n) is 5.15. The summed E-state index contributed by atoms with van der Waals surface area (Å²) in [5.41, 5.74) is 4.23. The second kappa shape index (κ2) is 7.16. The van der Waals surface area contributed by atoms with E-state index >= 15 is 0 Å². The zero-order valence-corrected chi connectivity index (χ0v) is 15.5. The lowest BCUT2D eigenvalue weighted by atomic mass is 9.99. The summed E-state index contributed by atoms with van der Waals surface area (Å²) in [6.45, 7) is 5.97. The predicted octanol–water partition coefficient (Wildman–Crippen LogP) is 4.20. The molecule has 0 radical (unpaired) electrons. The third-order valence-corrected chi connectivity index (χ3v) is 5.15. The summed E-state index contributed by atoms with van der Waals surface area (Å²) in [5.74, 6) is 0.601. The molecule has 0 saturated heterocycles. The van der Waals surface area contributed by atoms with Crippen LogP contribution in [0.5, 0.6) is 5.75 Å². The van der Waals surface area contributed by atoms with Crippen LogP contribution in [0.3, 0.4) is 0 Å². The quantitative estimate of drug-likeness (QED) is 0.648. The molecule has 1 aliphatic rings. The molecule has 1 aliphatic heterocycles. The molecule has 1 aromatic heterocycles. The van der Waals surface area contributed by atoms with Crippen molar-refractivity contribution in [1.29, 1.82) is 0 Å². The summed E-state index contributed by atoms with van der Waals surface area (Å²) in [5, 5.41) is 0.976. The molecule has 27 heavy (non-hydrogen) atoms. The highest BCUT2D eigenvalue weighted by Crippen LogP contribution is 2.35. The van der Waals surface area contributed by atoms with Gasteiger partial charge in [-0.25, -0.2) is 9.18 Å². The Morgan fingerprint density at radius 2 is 2.07 bits per heavy atom. The average molecular weight is 367 g/mol. The van der Waals surface area contributed by atoms with Crippen LogP contribution in [0, 0.1) is 12.7 Å². The fraction of sp³-hybridized carbons (Fsp3) is 0.318. The Morgan fingerprint density at radius 1 is 1.22 bits per heavy atom. The number of benzene rings is 2. The fourth-order valence-corrected chi connectivity index (χ4v) is 3.75. The zero-order valence-electron chi connectivity index (χ0n) is 15.5. The van der Waals surface area contributed by atoms with Crippen molar-refractivity contribution in [3.63, 3.8) is 0 Å². The summed E-state index contributed by atoms with van der Waals surface area (Å²) < 4.78 is 24.8. The van der Waals surface area contributed by atoms with Gasteiger partial charge in [-0.2, -0.15) is 0 Å². The van der Waals surface area contributed by atoms with Crippen LogP contribution in [-0.2, 0) is 19.4 Å². The maximum Gasteiger partial charge on any atom is 0.336 e. The molecule has 0 fully saturated rings. The van der Waals surface area contributed by atoms with Crippen LogP contribution in [-0.4, -0.2) is 18.2 Å². The van der Waals surface area contributed by atoms with E-state index in [0.29, 0.717) is 12.3 Å². The Hall–Kier alpha value is -2.66. The summed E-state index contributed by atoms with van der Waals surface area (Å²) in [6.07, 6.45) is 1.53. The molecule has 140 valence electrons. The predicted molar refractivity (Wildman–Crippen MR) is 103 cm³/mol. The highest BCUT2D eigenvalue weighted by atomic mass is 19.1. The number of ether oxygens (including phenoxy) is 1. The molecular formula is C22H22FNO3. The topological polar surface area (TPSA) is 42.7 Å². The van der Waals surface area contributed by atoms with Crippen molar-refractivity contribution in [2.45, 2.75) is 33.2 Å². The van der Waals surface area contributed by atoms with Gasteiger partial charge in [-0.15, -0.1) is 0 Å². The maximum atomic E-state index is 13.4. The molecule has 3 aromatic rings. The van der Waals surface area contributed by atoms with Crippen LogP contribution >= 0.6 is 0 Å². The van der Waals surface area contributed by atoms with Crippen LogP contribution in [0.2, 0.25) is 0 Å². The molecule has 5 heteroatoms. The zero-order chi connectivity index (χ0) is 19.0. The first-order valence-electron chi connectivity index (χ1n) is 9.24. The Balaban J connectivity index is 1.61. The summed E-state index contributed by atoms with van der Waals surface area (Å²) in [6, 6.07) is 10.4. The van der Waals surface area contributed by atoms with E-state index in [0.717, 1.165) is 59.3 Å². The molecule has 0 aliphatic carbocycles. The molecule has 0 spiro atoms. The third kappa shape index (κ3) is 3.47.